The van der Waals surface area contributed by atoms with Crippen molar-refractivity contribution in [1.29, 1.82) is 0 Å². The molecule has 0 rings (SSSR count). The van der Waals surface area contributed by atoms with Gasteiger partial charge in [-0.05, 0) is 103 Å². The van der Waals surface area contributed by atoms with Crippen molar-refractivity contribution in [3.8, 4) is 0 Å². The van der Waals surface area contributed by atoms with Gasteiger partial charge in [0.05, 0.1) is 6.61 Å². The fourth-order valence-corrected chi connectivity index (χ4v) is 11.1. The average Bonchev–Trinajstić information content (AvgIpc) is 3.56. The summed E-state index contributed by atoms with van der Waals surface area (Å²) in [6, 6.07) is 0. The predicted molar refractivity (Wildman–Crippen MR) is 389 cm³/mol. The molecule has 1 N–H and O–H groups in total. The Morgan fingerprint density at radius 1 is 0.261 bits per heavy atom. The summed E-state index contributed by atoms with van der Waals surface area (Å²) in [6.07, 6.45) is 114. The lowest BCUT2D eigenvalue weighted by Crippen LogP contribution is -2.28. The lowest BCUT2D eigenvalue weighted by Gasteiger charge is -2.15. The number of ether oxygens (including phenoxy) is 2. The van der Waals surface area contributed by atoms with Crippen LogP contribution in [0.5, 0.6) is 0 Å². The summed E-state index contributed by atoms with van der Waals surface area (Å²) in [5.41, 5.74) is 0. The van der Waals surface area contributed by atoms with Crippen LogP contribution in [0.1, 0.15) is 373 Å². The highest BCUT2D eigenvalue weighted by Crippen LogP contribution is 2.19. The van der Waals surface area contributed by atoms with Crippen molar-refractivity contribution < 1.29 is 24.2 Å². The SMILES string of the molecule is CC/C=C\C/C=C\C/C=C\C/C=C\C/C=C\C/C=C\CCCCCCCCCCCCCCCCCCCCCCCCC(=O)OC(CO)COC(=O)CCCCCCCCCCCCCCCCCCCCCC/C=C\C/C=C\C/C=C\C/C=C\CC. The van der Waals surface area contributed by atoms with Crippen LogP contribution in [0.2, 0.25) is 0 Å². The monoisotopic (exact) mass is 1220 g/mol. The highest BCUT2D eigenvalue weighted by Gasteiger charge is 2.16. The summed E-state index contributed by atoms with van der Waals surface area (Å²) in [7, 11) is 0. The van der Waals surface area contributed by atoms with Crippen molar-refractivity contribution in [3.63, 3.8) is 0 Å². The molecule has 0 bridgehead atoms. The number of hydrogen-bond donors (Lipinski definition) is 1. The Kier molecular flexibility index (Phi) is 74.3. The summed E-state index contributed by atoms with van der Waals surface area (Å²) in [6.45, 7) is 3.95. The van der Waals surface area contributed by atoms with E-state index < -0.39 is 6.10 Å². The van der Waals surface area contributed by atoms with Crippen LogP contribution in [0.4, 0.5) is 0 Å². The second-order valence-corrected chi connectivity index (χ2v) is 25.3. The Morgan fingerprint density at radius 2 is 0.455 bits per heavy atom. The molecule has 0 aromatic rings. The third kappa shape index (κ3) is 74.8. The van der Waals surface area contributed by atoms with Crippen LogP contribution in [0.3, 0.4) is 0 Å². The van der Waals surface area contributed by atoms with Gasteiger partial charge in [0.2, 0.25) is 0 Å². The largest absolute Gasteiger partial charge is 0.462 e. The van der Waals surface area contributed by atoms with E-state index in [1.807, 2.05) is 0 Å². The molecule has 1 atom stereocenters. The minimum atomic E-state index is -0.776. The molecule has 0 aliphatic rings. The second kappa shape index (κ2) is 77.5. The van der Waals surface area contributed by atoms with Gasteiger partial charge in [0, 0.05) is 12.8 Å². The number of carbonyl (C=O) groups is 2. The molecule has 0 amide bonds. The number of allylic oxidation sites excluding steroid dienone is 20. The van der Waals surface area contributed by atoms with E-state index in [2.05, 4.69) is 135 Å². The lowest BCUT2D eigenvalue weighted by atomic mass is 10.0. The molecule has 506 valence electrons. The number of hydrogen-bond acceptors (Lipinski definition) is 5. The van der Waals surface area contributed by atoms with Crippen molar-refractivity contribution in [1.82, 2.24) is 0 Å². The van der Waals surface area contributed by atoms with Gasteiger partial charge in [-0.15, -0.1) is 0 Å². The molecular formula is C83H144O5. The molecule has 1 unspecified atom stereocenters. The molecule has 0 heterocycles. The third-order valence-corrected chi connectivity index (χ3v) is 16.8. The Hall–Kier alpha value is -3.70. The molecule has 5 nitrogen and oxygen atoms in total. The quantitative estimate of drug-likeness (QED) is 0.0373. The van der Waals surface area contributed by atoms with E-state index in [1.165, 1.54) is 244 Å². The maximum atomic E-state index is 12.4. The van der Waals surface area contributed by atoms with Crippen molar-refractivity contribution in [2.24, 2.45) is 0 Å². The molecule has 0 spiro atoms. The van der Waals surface area contributed by atoms with Crippen LogP contribution in [0, 0.1) is 0 Å². The van der Waals surface area contributed by atoms with E-state index in [1.54, 1.807) is 0 Å². The number of aliphatic hydroxyl groups excluding tert-OH is 1. The lowest BCUT2D eigenvalue weighted by molar-refractivity contribution is -0.161. The summed E-state index contributed by atoms with van der Waals surface area (Å²) < 4.78 is 10.8. The van der Waals surface area contributed by atoms with Crippen LogP contribution in [-0.2, 0) is 19.1 Å². The van der Waals surface area contributed by atoms with Gasteiger partial charge < -0.3 is 14.6 Å². The van der Waals surface area contributed by atoms with Gasteiger partial charge in [0.15, 0.2) is 6.10 Å². The Labute approximate surface area is 547 Å². The molecule has 5 heteroatoms. The van der Waals surface area contributed by atoms with Crippen LogP contribution >= 0.6 is 0 Å². The standard InChI is InChI=1S/C83H144O5/c1-3-5-7-9-11-13-15-17-19-21-23-25-27-29-31-33-35-37-38-39-40-41-42-43-44-46-48-50-52-54-56-58-60-62-64-66-68-70-72-74-76-78-83(86)88-81(79-84)80-87-82(85)77-75-73-71-69-67-65-63-61-59-57-55-53-51-49-47-45-36-34-32-30-28-26-24-22-20-18-16-14-12-10-8-6-4-2/h5-8,11-14,17-20,23-26,29,31,35,37,81,84H,3-4,9-10,15-16,21-22,27-28,30,32-34,36,38-80H2,1-2H3/b7-5-,8-6-,13-11-,14-12-,19-17-,20-18-,25-23-,26-24-,31-29-,37-35-. The van der Waals surface area contributed by atoms with E-state index in [9.17, 15) is 14.7 Å². The smallest absolute Gasteiger partial charge is 0.306 e. The molecule has 0 aromatic heterocycles. The molecule has 0 fully saturated rings. The number of unbranched alkanes of at least 4 members (excludes halogenated alkanes) is 42. The fourth-order valence-electron chi connectivity index (χ4n) is 11.1. The number of aliphatic hydroxyl groups is 1. The van der Waals surface area contributed by atoms with Crippen molar-refractivity contribution in [3.05, 3.63) is 122 Å². The average molecular weight is 1220 g/mol. The van der Waals surface area contributed by atoms with Crippen LogP contribution < -0.4 is 0 Å². The number of esters is 2. The van der Waals surface area contributed by atoms with Gasteiger partial charge in [0.1, 0.15) is 6.61 Å². The summed E-state index contributed by atoms with van der Waals surface area (Å²) in [5.74, 6) is -0.573. The third-order valence-electron chi connectivity index (χ3n) is 16.8. The minimum absolute atomic E-state index is 0.0640. The first-order valence-corrected chi connectivity index (χ1v) is 38.1. The van der Waals surface area contributed by atoms with E-state index in [0.29, 0.717) is 12.8 Å². The number of rotatable bonds is 70. The van der Waals surface area contributed by atoms with Crippen LogP contribution in [0.25, 0.3) is 0 Å². The van der Waals surface area contributed by atoms with Crippen molar-refractivity contribution in [2.45, 2.75) is 380 Å². The highest BCUT2D eigenvalue weighted by atomic mass is 16.6. The summed E-state index contributed by atoms with van der Waals surface area (Å²) in [4.78, 5) is 24.7. The van der Waals surface area contributed by atoms with Gasteiger partial charge in [-0.1, -0.05) is 379 Å². The molecule has 88 heavy (non-hydrogen) atoms. The zero-order valence-corrected chi connectivity index (χ0v) is 58.2. The maximum Gasteiger partial charge on any atom is 0.306 e. The first-order valence-electron chi connectivity index (χ1n) is 38.1. The zero-order chi connectivity index (χ0) is 63.3. The van der Waals surface area contributed by atoms with E-state index in [-0.39, 0.29) is 25.2 Å². The van der Waals surface area contributed by atoms with E-state index in [0.717, 1.165) is 103 Å². The Bertz CT molecular complexity index is 1720. The molecule has 0 saturated heterocycles. The van der Waals surface area contributed by atoms with Crippen molar-refractivity contribution >= 4 is 11.9 Å². The minimum Gasteiger partial charge on any atom is -0.462 e. The molecule has 0 radical (unpaired) electrons. The van der Waals surface area contributed by atoms with Gasteiger partial charge in [-0.2, -0.15) is 0 Å². The highest BCUT2D eigenvalue weighted by molar-refractivity contribution is 5.70. The molecule has 0 saturated carbocycles. The summed E-state index contributed by atoms with van der Waals surface area (Å²) >= 11 is 0. The second-order valence-electron chi connectivity index (χ2n) is 25.3. The van der Waals surface area contributed by atoms with Gasteiger partial charge in [0.25, 0.3) is 0 Å². The summed E-state index contributed by atoms with van der Waals surface area (Å²) in [5, 5.41) is 9.72. The Morgan fingerprint density at radius 3 is 0.682 bits per heavy atom. The van der Waals surface area contributed by atoms with Gasteiger partial charge in [-0.25, -0.2) is 0 Å². The molecule has 0 aromatic carbocycles. The first kappa shape index (κ1) is 84.3. The van der Waals surface area contributed by atoms with Gasteiger partial charge in [-0.3, -0.25) is 9.59 Å². The normalized spacial score (nSPS) is 12.9. The first-order chi connectivity index (χ1) is 43.6. The van der Waals surface area contributed by atoms with Crippen molar-refractivity contribution in [2.75, 3.05) is 13.2 Å². The van der Waals surface area contributed by atoms with E-state index in [4.69, 9.17) is 9.47 Å². The molecular weight excluding hydrogens is 1080 g/mol. The van der Waals surface area contributed by atoms with E-state index >= 15 is 0 Å². The molecule has 0 aliphatic heterocycles. The van der Waals surface area contributed by atoms with Crippen LogP contribution in [0.15, 0.2) is 122 Å². The van der Waals surface area contributed by atoms with Crippen LogP contribution in [-0.4, -0.2) is 36.4 Å². The number of carbonyl (C=O) groups excluding carboxylic acids is 2. The predicted octanol–water partition coefficient (Wildman–Crippen LogP) is 26.9. The Balaban J connectivity index is 3.41. The fraction of sp³-hybridized carbons (Fsp3) is 0.735. The molecule has 0 aliphatic carbocycles. The topological polar surface area (TPSA) is 72.8 Å². The maximum absolute atomic E-state index is 12.4. The zero-order valence-electron chi connectivity index (χ0n) is 58.2. The van der Waals surface area contributed by atoms with Gasteiger partial charge >= 0.3 is 11.9 Å².